The molecule has 1 N–H and O–H groups in total. The summed E-state index contributed by atoms with van der Waals surface area (Å²) in [7, 11) is 0. The predicted molar refractivity (Wildman–Crippen MR) is 94.9 cm³/mol. The van der Waals surface area contributed by atoms with Crippen molar-refractivity contribution in [2.75, 3.05) is 26.3 Å². The largest absolute Gasteiger partial charge is 0.379 e. The zero-order valence-electron chi connectivity index (χ0n) is 14.2. The van der Waals surface area contributed by atoms with Gasteiger partial charge in [0.15, 0.2) is 0 Å². The maximum Gasteiger partial charge on any atom is 0.111 e. The number of aryl methyl sites for hydroxylation is 2. The number of nitrogens with one attached hydrogen (secondary N) is 1. The van der Waals surface area contributed by atoms with Crippen molar-refractivity contribution in [3.05, 3.63) is 47.2 Å². The third-order valence-corrected chi connectivity index (χ3v) is 4.56. The summed E-state index contributed by atoms with van der Waals surface area (Å²) in [4.78, 5) is 7.23. The fourth-order valence-corrected chi connectivity index (χ4v) is 3.24. The predicted octanol–water partition coefficient (Wildman–Crippen LogP) is 3.07. The Morgan fingerprint density at radius 2 is 1.92 bits per heavy atom. The Labute approximate surface area is 141 Å². The second-order valence-corrected chi connectivity index (χ2v) is 6.50. The molecule has 3 aromatic rings. The molecule has 0 spiro atoms. The van der Waals surface area contributed by atoms with Crippen LogP contribution in [0, 0.1) is 13.8 Å². The maximum atomic E-state index is 5.42. The number of morpholine rings is 1. The van der Waals surface area contributed by atoms with Crippen LogP contribution in [0.25, 0.3) is 22.3 Å². The Kier molecular flexibility index (Phi) is 4.04. The first-order valence-corrected chi connectivity index (χ1v) is 8.42. The number of ether oxygens (including phenoxy) is 1. The second kappa shape index (κ2) is 6.34. The first-order valence-electron chi connectivity index (χ1n) is 8.42. The lowest BCUT2D eigenvalue weighted by Crippen LogP contribution is -2.35. The molecule has 0 amide bonds. The van der Waals surface area contributed by atoms with Crippen molar-refractivity contribution in [1.29, 1.82) is 0 Å². The number of benzene rings is 1. The normalized spacial score (nSPS) is 15.9. The van der Waals surface area contributed by atoms with Crippen LogP contribution < -0.4 is 0 Å². The molecule has 0 unspecified atom stereocenters. The van der Waals surface area contributed by atoms with E-state index in [2.05, 4.69) is 46.3 Å². The van der Waals surface area contributed by atoms with Gasteiger partial charge in [-0.15, -0.1) is 0 Å². The topological polar surface area (TPSA) is 54.0 Å². The van der Waals surface area contributed by atoms with E-state index in [0.29, 0.717) is 0 Å². The summed E-state index contributed by atoms with van der Waals surface area (Å²) in [6.07, 6.45) is 0. The third-order valence-electron chi connectivity index (χ3n) is 4.56. The van der Waals surface area contributed by atoms with Gasteiger partial charge in [-0.3, -0.25) is 10.00 Å². The number of H-pyrrole nitrogens is 1. The Morgan fingerprint density at radius 1 is 1.08 bits per heavy atom. The SMILES string of the molecule is Cc1cc(-c2cc(C)c3cc(CN4CCOCC4)ccc3n2)n[nH]1. The molecular weight excluding hydrogens is 300 g/mol. The highest BCUT2D eigenvalue weighted by Gasteiger charge is 2.12. The summed E-state index contributed by atoms with van der Waals surface area (Å²) < 4.78 is 5.42. The molecule has 0 atom stereocenters. The molecular formula is C19H22N4O. The van der Waals surface area contributed by atoms with E-state index in [-0.39, 0.29) is 0 Å². The Bertz CT molecular complexity index is 865. The van der Waals surface area contributed by atoms with E-state index in [4.69, 9.17) is 9.72 Å². The molecule has 5 heteroatoms. The van der Waals surface area contributed by atoms with Gasteiger partial charge in [-0.2, -0.15) is 5.10 Å². The zero-order chi connectivity index (χ0) is 16.5. The van der Waals surface area contributed by atoms with E-state index in [1.54, 1.807) is 0 Å². The Balaban J connectivity index is 1.66. The highest BCUT2D eigenvalue weighted by Crippen LogP contribution is 2.25. The molecule has 1 saturated heterocycles. The lowest BCUT2D eigenvalue weighted by Gasteiger charge is -2.26. The highest BCUT2D eigenvalue weighted by atomic mass is 16.5. The molecule has 0 bridgehead atoms. The molecule has 0 aliphatic carbocycles. The first kappa shape index (κ1) is 15.3. The van der Waals surface area contributed by atoms with Gasteiger partial charge in [-0.1, -0.05) is 6.07 Å². The quantitative estimate of drug-likeness (QED) is 0.805. The van der Waals surface area contributed by atoms with Gasteiger partial charge < -0.3 is 4.74 Å². The Hall–Kier alpha value is -2.24. The molecule has 0 saturated carbocycles. The molecule has 24 heavy (non-hydrogen) atoms. The van der Waals surface area contributed by atoms with Gasteiger partial charge in [0.1, 0.15) is 5.69 Å². The van der Waals surface area contributed by atoms with Crippen LogP contribution in [-0.2, 0) is 11.3 Å². The van der Waals surface area contributed by atoms with Gasteiger partial charge in [0, 0.05) is 30.7 Å². The number of fused-ring (bicyclic) bond motifs is 1. The average molecular weight is 322 g/mol. The van der Waals surface area contributed by atoms with Crippen molar-refractivity contribution in [3.8, 4) is 11.4 Å². The zero-order valence-corrected chi connectivity index (χ0v) is 14.2. The van der Waals surface area contributed by atoms with Crippen LogP contribution in [0.2, 0.25) is 0 Å². The summed E-state index contributed by atoms with van der Waals surface area (Å²) >= 11 is 0. The number of nitrogens with zero attached hydrogens (tertiary/aromatic N) is 3. The fourth-order valence-electron chi connectivity index (χ4n) is 3.24. The minimum atomic E-state index is 0.834. The summed E-state index contributed by atoms with van der Waals surface area (Å²) in [6.45, 7) is 8.80. The van der Waals surface area contributed by atoms with Crippen LogP contribution in [0.5, 0.6) is 0 Å². The summed E-state index contributed by atoms with van der Waals surface area (Å²) in [6, 6.07) is 10.7. The van der Waals surface area contributed by atoms with Gasteiger partial charge in [0.2, 0.25) is 0 Å². The fraction of sp³-hybridized carbons (Fsp3) is 0.368. The average Bonchev–Trinajstić information content (AvgIpc) is 3.03. The van der Waals surface area contributed by atoms with E-state index in [1.165, 1.54) is 16.5 Å². The van der Waals surface area contributed by atoms with Gasteiger partial charge in [0.05, 0.1) is 24.4 Å². The van der Waals surface area contributed by atoms with Crippen LogP contribution in [0.3, 0.4) is 0 Å². The van der Waals surface area contributed by atoms with E-state index < -0.39 is 0 Å². The molecule has 0 radical (unpaired) electrons. The van der Waals surface area contributed by atoms with Gasteiger partial charge >= 0.3 is 0 Å². The van der Waals surface area contributed by atoms with E-state index in [1.807, 2.05) is 13.0 Å². The van der Waals surface area contributed by atoms with E-state index in [9.17, 15) is 0 Å². The van der Waals surface area contributed by atoms with Crippen molar-refractivity contribution >= 4 is 10.9 Å². The lowest BCUT2D eigenvalue weighted by molar-refractivity contribution is 0.0342. The third kappa shape index (κ3) is 3.05. The molecule has 1 fully saturated rings. The molecule has 1 aliphatic heterocycles. The van der Waals surface area contributed by atoms with Gasteiger partial charge in [-0.05, 0) is 49.2 Å². The van der Waals surface area contributed by atoms with Crippen LogP contribution in [0.15, 0.2) is 30.3 Å². The Morgan fingerprint density at radius 3 is 2.67 bits per heavy atom. The van der Waals surface area contributed by atoms with Gasteiger partial charge in [-0.25, -0.2) is 4.98 Å². The standard InChI is InChI=1S/C19H22N4O/c1-13-9-18(19-10-14(2)21-22-19)20-17-4-3-15(11-16(13)17)12-23-5-7-24-8-6-23/h3-4,9-11H,5-8,12H2,1-2H3,(H,21,22). The van der Waals surface area contributed by atoms with Crippen molar-refractivity contribution in [2.45, 2.75) is 20.4 Å². The number of hydrogen-bond donors (Lipinski definition) is 1. The van der Waals surface area contributed by atoms with Gasteiger partial charge in [0.25, 0.3) is 0 Å². The first-order chi connectivity index (χ1) is 11.7. The van der Waals surface area contributed by atoms with E-state index in [0.717, 1.165) is 55.4 Å². The smallest absolute Gasteiger partial charge is 0.111 e. The minimum absolute atomic E-state index is 0.834. The number of rotatable bonds is 3. The van der Waals surface area contributed by atoms with Crippen LogP contribution in [0.1, 0.15) is 16.8 Å². The highest BCUT2D eigenvalue weighted by molar-refractivity contribution is 5.85. The molecule has 5 nitrogen and oxygen atoms in total. The van der Waals surface area contributed by atoms with Crippen LogP contribution in [-0.4, -0.2) is 46.4 Å². The molecule has 2 aromatic heterocycles. The molecule has 1 aliphatic rings. The van der Waals surface area contributed by atoms with Crippen molar-refractivity contribution < 1.29 is 4.74 Å². The summed E-state index contributed by atoms with van der Waals surface area (Å²) in [5.74, 6) is 0. The lowest BCUT2D eigenvalue weighted by atomic mass is 10.0. The number of hydrogen-bond acceptors (Lipinski definition) is 4. The number of aromatic nitrogens is 3. The minimum Gasteiger partial charge on any atom is -0.379 e. The van der Waals surface area contributed by atoms with Crippen molar-refractivity contribution in [2.24, 2.45) is 0 Å². The molecule has 124 valence electrons. The second-order valence-electron chi connectivity index (χ2n) is 6.50. The molecule has 1 aromatic carbocycles. The van der Waals surface area contributed by atoms with Crippen molar-refractivity contribution in [1.82, 2.24) is 20.1 Å². The monoisotopic (exact) mass is 322 g/mol. The molecule has 3 heterocycles. The van der Waals surface area contributed by atoms with E-state index >= 15 is 0 Å². The molecule has 4 rings (SSSR count). The number of pyridine rings is 1. The summed E-state index contributed by atoms with van der Waals surface area (Å²) in [5, 5.41) is 8.53. The van der Waals surface area contributed by atoms with Crippen molar-refractivity contribution in [3.63, 3.8) is 0 Å². The maximum absolute atomic E-state index is 5.42. The summed E-state index contributed by atoms with van der Waals surface area (Å²) in [5.41, 5.74) is 6.46. The van der Waals surface area contributed by atoms with Crippen LogP contribution in [0.4, 0.5) is 0 Å². The van der Waals surface area contributed by atoms with Crippen LogP contribution >= 0.6 is 0 Å². The number of aromatic amines is 1.